The van der Waals surface area contributed by atoms with Crippen LogP contribution in [0.2, 0.25) is 0 Å². The highest BCUT2D eigenvalue weighted by molar-refractivity contribution is 5.28. The van der Waals surface area contributed by atoms with Crippen molar-refractivity contribution in [3.05, 3.63) is 35.4 Å². The molecule has 2 rings (SSSR count). The first-order valence-electron chi connectivity index (χ1n) is 7.41. The van der Waals surface area contributed by atoms with Crippen LogP contribution < -0.4 is 5.73 Å². The van der Waals surface area contributed by atoms with E-state index in [4.69, 9.17) is 5.73 Å². The Kier molecular flexibility index (Phi) is 4.32. The van der Waals surface area contributed by atoms with E-state index >= 15 is 0 Å². The summed E-state index contributed by atoms with van der Waals surface area (Å²) < 4.78 is 0. The highest BCUT2D eigenvalue weighted by atomic mass is 15.2. The van der Waals surface area contributed by atoms with Gasteiger partial charge in [-0.05, 0) is 42.3 Å². The van der Waals surface area contributed by atoms with Gasteiger partial charge in [-0.1, -0.05) is 45.0 Å². The molecule has 1 heterocycles. The monoisotopic (exact) mass is 260 g/mol. The van der Waals surface area contributed by atoms with Crippen molar-refractivity contribution < 1.29 is 0 Å². The molecular weight excluding hydrogens is 232 g/mol. The quantitative estimate of drug-likeness (QED) is 0.903. The van der Waals surface area contributed by atoms with E-state index in [2.05, 4.69) is 56.9 Å². The second-order valence-electron chi connectivity index (χ2n) is 7.07. The van der Waals surface area contributed by atoms with Crippen molar-refractivity contribution in [2.45, 2.75) is 40.2 Å². The fraction of sp³-hybridized carbons (Fsp3) is 0.647. The Morgan fingerprint density at radius 2 is 2.00 bits per heavy atom. The Labute approximate surface area is 118 Å². The van der Waals surface area contributed by atoms with Crippen molar-refractivity contribution in [2.24, 2.45) is 17.1 Å². The van der Waals surface area contributed by atoms with Gasteiger partial charge in [-0.25, -0.2) is 0 Å². The number of aryl methyl sites for hydroxylation is 1. The second-order valence-corrected chi connectivity index (χ2v) is 7.07. The molecule has 2 heteroatoms. The van der Waals surface area contributed by atoms with Crippen LogP contribution in [0.15, 0.2) is 24.3 Å². The Morgan fingerprint density at radius 3 is 2.58 bits per heavy atom. The summed E-state index contributed by atoms with van der Waals surface area (Å²) in [5.41, 5.74) is 9.41. The van der Waals surface area contributed by atoms with Crippen LogP contribution in [0, 0.1) is 18.3 Å². The summed E-state index contributed by atoms with van der Waals surface area (Å²) in [7, 11) is 0. The Morgan fingerprint density at radius 1 is 1.32 bits per heavy atom. The van der Waals surface area contributed by atoms with Crippen LogP contribution in [-0.2, 0) is 0 Å². The number of likely N-dealkylation sites (tertiary alicyclic amines) is 1. The van der Waals surface area contributed by atoms with Gasteiger partial charge in [0.25, 0.3) is 0 Å². The topological polar surface area (TPSA) is 29.3 Å². The van der Waals surface area contributed by atoms with Crippen molar-refractivity contribution in [1.29, 1.82) is 0 Å². The van der Waals surface area contributed by atoms with Crippen LogP contribution in [-0.4, -0.2) is 24.5 Å². The predicted molar refractivity (Wildman–Crippen MR) is 82.1 cm³/mol. The summed E-state index contributed by atoms with van der Waals surface area (Å²) in [6, 6.07) is 8.62. The summed E-state index contributed by atoms with van der Waals surface area (Å²) >= 11 is 0. The van der Waals surface area contributed by atoms with Gasteiger partial charge in [0.05, 0.1) is 0 Å². The van der Waals surface area contributed by atoms with E-state index in [-0.39, 0.29) is 6.04 Å². The molecule has 1 aromatic carbocycles. The molecule has 2 atom stereocenters. The number of hydrogen-bond donors (Lipinski definition) is 1. The molecule has 2 nitrogen and oxygen atoms in total. The number of nitrogens with zero attached hydrogens (tertiary/aromatic N) is 1. The lowest BCUT2D eigenvalue weighted by atomic mass is 9.80. The maximum atomic E-state index is 6.39. The Bertz CT molecular complexity index is 420. The van der Waals surface area contributed by atoms with Crippen molar-refractivity contribution in [3.8, 4) is 0 Å². The minimum absolute atomic E-state index is 0.139. The predicted octanol–water partition coefficient (Wildman–Crippen LogP) is 3.36. The zero-order chi connectivity index (χ0) is 14.0. The molecule has 1 fully saturated rings. The van der Waals surface area contributed by atoms with Gasteiger partial charge < -0.3 is 10.6 Å². The van der Waals surface area contributed by atoms with Crippen molar-refractivity contribution >= 4 is 0 Å². The molecule has 0 spiro atoms. The molecule has 0 bridgehead atoms. The van der Waals surface area contributed by atoms with E-state index in [1.165, 1.54) is 30.6 Å². The molecule has 1 aromatic rings. The first-order chi connectivity index (χ1) is 8.88. The maximum Gasteiger partial charge on any atom is 0.0426 e. The average molecular weight is 260 g/mol. The van der Waals surface area contributed by atoms with Crippen LogP contribution in [0.1, 0.15) is 44.4 Å². The first kappa shape index (κ1) is 14.5. The lowest BCUT2D eigenvalue weighted by molar-refractivity contribution is 0.224. The summed E-state index contributed by atoms with van der Waals surface area (Å²) in [4.78, 5) is 2.53. The number of rotatable bonds is 3. The average Bonchev–Trinajstić information content (AvgIpc) is 2.77. The third-order valence-corrected chi connectivity index (χ3v) is 4.54. The summed E-state index contributed by atoms with van der Waals surface area (Å²) in [5.74, 6) is 0.802. The number of benzene rings is 1. The lowest BCUT2D eigenvalue weighted by Gasteiger charge is -2.28. The molecule has 106 valence electrons. The third-order valence-electron chi connectivity index (χ3n) is 4.54. The van der Waals surface area contributed by atoms with Gasteiger partial charge in [-0.2, -0.15) is 0 Å². The fourth-order valence-electron chi connectivity index (χ4n) is 3.08. The summed E-state index contributed by atoms with van der Waals surface area (Å²) in [6.07, 6.45) is 1.31. The van der Waals surface area contributed by atoms with Gasteiger partial charge in [0.2, 0.25) is 0 Å². The molecule has 0 amide bonds. The van der Waals surface area contributed by atoms with E-state index in [1.807, 2.05) is 0 Å². The second kappa shape index (κ2) is 5.64. The summed E-state index contributed by atoms with van der Waals surface area (Å²) in [6.45, 7) is 12.6. The van der Waals surface area contributed by atoms with Crippen LogP contribution in [0.3, 0.4) is 0 Å². The van der Waals surface area contributed by atoms with E-state index in [1.54, 1.807) is 0 Å². The van der Waals surface area contributed by atoms with Crippen molar-refractivity contribution in [3.63, 3.8) is 0 Å². The van der Waals surface area contributed by atoms with Crippen molar-refractivity contribution in [1.82, 2.24) is 4.90 Å². The standard InChI is InChI=1S/C17H28N2/c1-13-7-5-6-8-15(13)16(18)12-19-10-9-14(11-19)17(2,3)4/h5-8,14,16H,9-12,18H2,1-4H3. The number of nitrogens with two attached hydrogens (primary N) is 1. The maximum absolute atomic E-state index is 6.39. The third kappa shape index (κ3) is 3.58. The van der Waals surface area contributed by atoms with Gasteiger partial charge in [0, 0.05) is 19.1 Å². The largest absolute Gasteiger partial charge is 0.323 e. The van der Waals surface area contributed by atoms with Crippen LogP contribution in [0.25, 0.3) is 0 Å². The zero-order valence-corrected chi connectivity index (χ0v) is 12.8. The zero-order valence-electron chi connectivity index (χ0n) is 12.8. The molecule has 0 saturated carbocycles. The SMILES string of the molecule is Cc1ccccc1C(N)CN1CCC(C(C)(C)C)C1. The van der Waals surface area contributed by atoms with Crippen molar-refractivity contribution in [2.75, 3.05) is 19.6 Å². The molecular formula is C17H28N2. The van der Waals surface area contributed by atoms with Gasteiger partial charge in [-0.15, -0.1) is 0 Å². The molecule has 1 saturated heterocycles. The van der Waals surface area contributed by atoms with E-state index in [0.29, 0.717) is 5.41 Å². The van der Waals surface area contributed by atoms with Crippen LogP contribution in [0.5, 0.6) is 0 Å². The molecule has 0 radical (unpaired) electrons. The van der Waals surface area contributed by atoms with Crippen LogP contribution >= 0.6 is 0 Å². The Hall–Kier alpha value is -0.860. The molecule has 2 N–H and O–H groups in total. The van der Waals surface area contributed by atoms with Gasteiger partial charge in [-0.3, -0.25) is 0 Å². The van der Waals surface area contributed by atoms with E-state index in [0.717, 1.165) is 12.5 Å². The Balaban J connectivity index is 1.94. The number of hydrogen-bond acceptors (Lipinski definition) is 2. The normalized spacial score (nSPS) is 22.7. The molecule has 19 heavy (non-hydrogen) atoms. The highest BCUT2D eigenvalue weighted by Crippen LogP contribution is 2.34. The van der Waals surface area contributed by atoms with Crippen LogP contribution in [0.4, 0.5) is 0 Å². The van der Waals surface area contributed by atoms with Gasteiger partial charge >= 0.3 is 0 Å². The highest BCUT2D eigenvalue weighted by Gasteiger charge is 2.32. The minimum atomic E-state index is 0.139. The molecule has 0 aromatic heterocycles. The smallest absolute Gasteiger partial charge is 0.0426 e. The lowest BCUT2D eigenvalue weighted by Crippen LogP contribution is -2.32. The van der Waals surface area contributed by atoms with Gasteiger partial charge in [0.1, 0.15) is 0 Å². The fourth-order valence-corrected chi connectivity index (χ4v) is 3.08. The molecule has 2 unspecified atom stereocenters. The van der Waals surface area contributed by atoms with Gasteiger partial charge in [0.15, 0.2) is 0 Å². The first-order valence-corrected chi connectivity index (χ1v) is 7.41. The molecule has 0 aliphatic carbocycles. The van der Waals surface area contributed by atoms with E-state index < -0.39 is 0 Å². The minimum Gasteiger partial charge on any atom is -0.323 e. The molecule has 1 aliphatic rings. The van der Waals surface area contributed by atoms with E-state index in [9.17, 15) is 0 Å². The summed E-state index contributed by atoms with van der Waals surface area (Å²) in [5, 5.41) is 0. The molecule has 1 aliphatic heterocycles.